The van der Waals surface area contributed by atoms with Crippen LogP contribution in [0.5, 0.6) is 11.5 Å². The molecule has 2 aliphatic rings. The average Bonchev–Trinajstić information content (AvgIpc) is 4.24. The van der Waals surface area contributed by atoms with Gasteiger partial charge in [-0.15, -0.1) is 13.2 Å². The number of benzene rings is 4. The van der Waals surface area contributed by atoms with Gasteiger partial charge in [-0.3, -0.25) is 8.80 Å². The first-order chi connectivity index (χ1) is 36.3. The molecular weight excluding hydrogens is 966 g/mol. The van der Waals surface area contributed by atoms with Crippen LogP contribution in [0.1, 0.15) is 49.2 Å². The molecule has 2 saturated heterocycles. The van der Waals surface area contributed by atoms with Gasteiger partial charge in [0.25, 0.3) is 0 Å². The van der Waals surface area contributed by atoms with Crippen molar-refractivity contribution in [3.8, 4) is 34.3 Å². The summed E-state index contributed by atoms with van der Waals surface area (Å²) in [5.41, 5.74) is 20.6. The molecule has 0 atom stereocenters. The highest BCUT2D eigenvalue weighted by Crippen LogP contribution is 2.38. The molecule has 8 heterocycles. The number of para-hydroxylation sites is 2. The molecule has 8 N–H and O–H groups in total. The van der Waals surface area contributed by atoms with Gasteiger partial charge in [0, 0.05) is 96.0 Å². The van der Waals surface area contributed by atoms with E-state index in [1.807, 2.05) is 94.5 Å². The number of anilines is 4. The predicted octanol–water partition coefficient (Wildman–Crippen LogP) is 10.6. The third-order valence-electron chi connectivity index (χ3n) is 13.8. The molecule has 0 spiro atoms. The number of halogens is 3. The topological polar surface area (TPSA) is 227 Å². The summed E-state index contributed by atoms with van der Waals surface area (Å²) in [6, 6.07) is 32.2. The van der Waals surface area contributed by atoms with Crippen molar-refractivity contribution >= 4 is 67.9 Å². The lowest BCUT2D eigenvalue weighted by molar-refractivity contribution is -0.274. The Balaban J connectivity index is 0.000000161. The first-order valence-electron chi connectivity index (χ1n) is 24.4. The number of piperidine rings is 2. The minimum absolute atomic E-state index is 0.0836. The summed E-state index contributed by atoms with van der Waals surface area (Å²) in [5.74, 6) is 3.31. The van der Waals surface area contributed by atoms with Crippen molar-refractivity contribution in [3.63, 3.8) is 0 Å². The van der Waals surface area contributed by atoms with Crippen LogP contribution >= 0.6 is 0 Å². The number of nitrogens with two attached hydrogens (primary N) is 2. The number of likely N-dealkylation sites (tertiary alicyclic amines) is 2. The lowest BCUT2D eigenvalue weighted by Gasteiger charge is -2.31. The van der Waals surface area contributed by atoms with Gasteiger partial charge in [0.1, 0.15) is 57.2 Å². The number of ether oxygens (including phenoxy) is 2. The number of H-pyrrole nitrogens is 2. The first-order valence-corrected chi connectivity index (χ1v) is 24.4. The maximum absolute atomic E-state index is 12.8. The minimum atomic E-state index is -4.77. The molecule has 21 heteroatoms. The summed E-state index contributed by atoms with van der Waals surface area (Å²) >= 11 is 0. The molecule has 2 fully saturated rings. The number of hydrogen-bond acceptors (Lipinski definition) is 10. The second-order valence-electron chi connectivity index (χ2n) is 18.4. The Hall–Kier alpha value is -9.27. The molecule has 4 amide bonds. The van der Waals surface area contributed by atoms with Crippen LogP contribution in [-0.2, 0) is 0 Å². The number of amides is 4. The van der Waals surface area contributed by atoms with E-state index >= 15 is 0 Å². The number of nitrogens with one attached hydrogen (secondary N) is 4. The van der Waals surface area contributed by atoms with Crippen LogP contribution in [0.25, 0.3) is 55.6 Å². The number of nitrogen functional groups attached to an aromatic ring is 2. The zero-order chi connectivity index (χ0) is 51.8. The first kappa shape index (κ1) is 48.0. The minimum Gasteiger partial charge on any atom is -0.497 e. The van der Waals surface area contributed by atoms with Crippen LogP contribution in [0, 0.1) is 0 Å². The second kappa shape index (κ2) is 20.0. The van der Waals surface area contributed by atoms with Crippen LogP contribution in [0.4, 0.5) is 45.8 Å². The van der Waals surface area contributed by atoms with Crippen molar-refractivity contribution < 1.29 is 32.2 Å². The van der Waals surface area contributed by atoms with E-state index in [1.54, 1.807) is 24.4 Å². The van der Waals surface area contributed by atoms with Gasteiger partial charge in [-0.1, -0.05) is 36.4 Å². The van der Waals surface area contributed by atoms with E-state index < -0.39 is 6.36 Å². The summed E-state index contributed by atoms with van der Waals surface area (Å²) < 4.78 is 50.2. The Morgan fingerprint density at radius 3 is 1.43 bits per heavy atom. The molecule has 12 rings (SSSR count). The van der Waals surface area contributed by atoms with Crippen molar-refractivity contribution in [2.45, 2.75) is 43.9 Å². The Kier molecular flexibility index (Phi) is 12.8. The second-order valence-corrected chi connectivity index (χ2v) is 18.4. The molecule has 0 aliphatic carbocycles. The summed E-state index contributed by atoms with van der Waals surface area (Å²) in [7, 11) is 1.62. The number of carbonyl (C=O) groups excluding carboxylic acids is 2. The van der Waals surface area contributed by atoms with Crippen LogP contribution in [0.2, 0.25) is 0 Å². The van der Waals surface area contributed by atoms with E-state index in [9.17, 15) is 22.8 Å². The van der Waals surface area contributed by atoms with E-state index in [-0.39, 0.29) is 29.6 Å². The molecule has 0 radical (unpaired) electrons. The molecule has 382 valence electrons. The number of aromatic amines is 2. The number of fused-ring (bicyclic) bond motifs is 4. The SMILES string of the molecule is COc1ccc(NC(=O)N2CCC(c3nc(-c4cc5ccccc5[nH]4)c4c(N)nccn34)CC2)cc1.Nc1nccn2c(C3CCN(C(=O)Nc4ccc(OC(F)(F)F)cc4)CC3)nc(-c3cc4ccccc4[nH]3)c12. The normalized spacial score (nSPS) is 14.6. The van der Waals surface area contributed by atoms with Crippen LogP contribution in [0.15, 0.2) is 134 Å². The van der Waals surface area contributed by atoms with E-state index in [0.29, 0.717) is 56.3 Å². The molecule has 6 aromatic heterocycles. The van der Waals surface area contributed by atoms with E-state index in [4.69, 9.17) is 26.2 Å². The number of methoxy groups -OCH3 is 1. The molecule has 2 aliphatic heterocycles. The van der Waals surface area contributed by atoms with Crippen molar-refractivity contribution in [1.82, 2.24) is 48.5 Å². The standard InChI is InChI=1S/C27H24F3N7O2.C27H27N7O2/c28-27(29,30)39-19-7-5-18(6-8-19)33-26(38)36-12-9-16(10-13-36)25-35-22(23-24(31)32-11-14-37(23)25)21-15-17-3-1-2-4-20(17)34-21;1-36-20-8-6-19(7-9-20)30-27(35)33-13-10-17(11-14-33)26-32-23(24-25(28)29-12-15-34(24)26)22-16-18-4-2-3-5-21(18)31-22/h1-8,11,14-16,34H,9-10,12-13H2,(H2,31,32)(H,33,38);2-9,12,15-17,31H,10-11,13-14H2,1H3,(H2,28,29)(H,30,35). The lowest BCUT2D eigenvalue weighted by Crippen LogP contribution is -2.40. The zero-order valence-electron chi connectivity index (χ0n) is 40.5. The highest BCUT2D eigenvalue weighted by Gasteiger charge is 2.32. The maximum Gasteiger partial charge on any atom is 0.573 e. The summed E-state index contributed by atoms with van der Waals surface area (Å²) in [6.07, 6.45) is 5.34. The van der Waals surface area contributed by atoms with Gasteiger partial charge in [0.05, 0.1) is 18.5 Å². The van der Waals surface area contributed by atoms with E-state index in [1.165, 1.54) is 12.1 Å². The number of aromatic nitrogens is 8. The molecule has 75 heavy (non-hydrogen) atoms. The van der Waals surface area contributed by atoms with Gasteiger partial charge < -0.3 is 51.3 Å². The monoisotopic (exact) mass is 1020 g/mol. The lowest BCUT2D eigenvalue weighted by atomic mass is 9.96. The molecule has 0 unspecified atom stereocenters. The van der Waals surface area contributed by atoms with Crippen LogP contribution in [-0.4, -0.2) is 100 Å². The Bertz CT molecular complexity index is 3620. The summed E-state index contributed by atoms with van der Waals surface area (Å²) in [5, 5.41) is 7.90. The quantitative estimate of drug-likeness (QED) is 0.0844. The third-order valence-corrected chi connectivity index (χ3v) is 13.8. The number of rotatable bonds is 8. The molecular formula is C54H51F3N14O4. The predicted molar refractivity (Wildman–Crippen MR) is 281 cm³/mol. The number of nitrogens with zero attached hydrogens (tertiary/aromatic N) is 8. The maximum atomic E-state index is 12.8. The smallest absolute Gasteiger partial charge is 0.497 e. The molecule has 10 aromatic rings. The van der Waals surface area contributed by atoms with Crippen molar-refractivity contribution in [2.24, 2.45) is 0 Å². The summed E-state index contributed by atoms with van der Waals surface area (Å²) in [6.45, 7) is 2.26. The number of hydrogen-bond donors (Lipinski definition) is 6. The Labute approximate surface area is 426 Å². The van der Waals surface area contributed by atoms with Gasteiger partial charge in [0.15, 0.2) is 0 Å². The van der Waals surface area contributed by atoms with Crippen molar-refractivity contribution in [1.29, 1.82) is 0 Å². The van der Waals surface area contributed by atoms with Gasteiger partial charge >= 0.3 is 18.4 Å². The fraction of sp³-hybridized carbons (Fsp3) is 0.222. The van der Waals surface area contributed by atoms with Crippen LogP contribution < -0.4 is 31.6 Å². The summed E-state index contributed by atoms with van der Waals surface area (Å²) in [4.78, 5) is 54.8. The third kappa shape index (κ3) is 9.98. The van der Waals surface area contributed by atoms with E-state index in [0.717, 1.165) is 104 Å². The average molecular weight is 1020 g/mol. The highest BCUT2D eigenvalue weighted by atomic mass is 19.4. The number of carbonyl (C=O) groups is 2. The Morgan fingerprint density at radius 1 is 0.613 bits per heavy atom. The number of urea groups is 2. The number of alkyl halides is 3. The van der Waals surface area contributed by atoms with Gasteiger partial charge in [-0.05, 0) is 98.5 Å². The fourth-order valence-corrected chi connectivity index (χ4v) is 10.0. The molecule has 0 bridgehead atoms. The highest BCUT2D eigenvalue weighted by molar-refractivity contribution is 5.93. The number of imidazole rings is 2. The largest absolute Gasteiger partial charge is 0.573 e. The van der Waals surface area contributed by atoms with Crippen LogP contribution in [0.3, 0.4) is 0 Å². The van der Waals surface area contributed by atoms with Crippen molar-refractivity contribution in [2.75, 3.05) is 55.4 Å². The molecule has 4 aromatic carbocycles. The molecule has 0 saturated carbocycles. The molecule has 18 nitrogen and oxygen atoms in total. The zero-order valence-corrected chi connectivity index (χ0v) is 40.5. The Morgan fingerprint density at radius 2 is 1.03 bits per heavy atom. The van der Waals surface area contributed by atoms with Crippen molar-refractivity contribution in [3.05, 3.63) is 146 Å². The van der Waals surface area contributed by atoms with Gasteiger partial charge in [0.2, 0.25) is 0 Å². The van der Waals surface area contributed by atoms with Gasteiger partial charge in [-0.2, -0.15) is 0 Å². The van der Waals surface area contributed by atoms with Gasteiger partial charge in [-0.25, -0.2) is 29.5 Å². The fourth-order valence-electron chi connectivity index (χ4n) is 10.0. The van der Waals surface area contributed by atoms with E-state index in [2.05, 4.69) is 51.8 Å².